The highest BCUT2D eigenvalue weighted by Crippen LogP contribution is 2.36. The summed E-state index contributed by atoms with van der Waals surface area (Å²) < 4.78 is 40.4. The van der Waals surface area contributed by atoms with Crippen LogP contribution in [0.4, 0.5) is 10.1 Å². The number of sulfonamides is 1. The van der Waals surface area contributed by atoms with Crippen LogP contribution in [-0.2, 0) is 10.0 Å². The van der Waals surface area contributed by atoms with Gasteiger partial charge in [-0.2, -0.15) is 0 Å². The molecular formula is C12H17FN2O2S. The van der Waals surface area contributed by atoms with E-state index in [1.807, 2.05) is 6.92 Å². The third kappa shape index (κ3) is 2.22. The lowest BCUT2D eigenvalue weighted by Gasteiger charge is -2.41. The molecule has 0 aliphatic heterocycles. The van der Waals surface area contributed by atoms with Gasteiger partial charge >= 0.3 is 0 Å². The second kappa shape index (κ2) is 4.51. The van der Waals surface area contributed by atoms with Crippen LogP contribution in [0, 0.1) is 5.82 Å². The normalized spacial score (nSPS) is 18.3. The number of hydrogen-bond donors (Lipinski definition) is 2. The van der Waals surface area contributed by atoms with E-state index in [1.165, 1.54) is 12.1 Å². The summed E-state index contributed by atoms with van der Waals surface area (Å²) in [4.78, 5) is -0.178. The number of para-hydroxylation sites is 1. The summed E-state index contributed by atoms with van der Waals surface area (Å²) in [7, 11) is -3.76. The van der Waals surface area contributed by atoms with Crippen LogP contribution >= 0.6 is 0 Å². The Labute approximate surface area is 106 Å². The molecule has 4 nitrogen and oxygen atoms in total. The Morgan fingerprint density at radius 3 is 2.61 bits per heavy atom. The van der Waals surface area contributed by atoms with Gasteiger partial charge in [0.2, 0.25) is 10.0 Å². The number of nitrogens with one attached hydrogen (secondary N) is 1. The molecule has 18 heavy (non-hydrogen) atoms. The van der Waals surface area contributed by atoms with Crippen molar-refractivity contribution >= 4 is 15.7 Å². The summed E-state index contributed by atoms with van der Waals surface area (Å²) >= 11 is 0. The minimum Gasteiger partial charge on any atom is -0.395 e. The number of hydrogen-bond acceptors (Lipinski definition) is 3. The Kier molecular flexibility index (Phi) is 3.33. The van der Waals surface area contributed by atoms with Crippen molar-refractivity contribution in [2.24, 2.45) is 0 Å². The van der Waals surface area contributed by atoms with Crippen LogP contribution in [0.5, 0.6) is 0 Å². The monoisotopic (exact) mass is 272 g/mol. The molecule has 0 aromatic heterocycles. The second-order valence-electron chi connectivity index (χ2n) is 4.74. The maximum absolute atomic E-state index is 13.3. The summed E-state index contributed by atoms with van der Waals surface area (Å²) in [6.07, 6.45) is 3.37. The van der Waals surface area contributed by atoms with Crippen molar-refractivity contribution in [1.82, 2.24) is 4.72 Å². The van der Waals surface area contributed by atoms with Crippen LogP contribution in [0.15, 0.2) is 23.1 Å². The number of anilines is 1. The van der Waals surface area contributed by atoms with E-state index in [4.69, 9.17) is 5.73 Å². The first-order valence-electron chi connectivity index (χ1n) is 5.98. The van der Waals surface area contributed by atoms with Crippen molar-refractivity contribution in [3.63, 3.8) is 0 Å². The molecule has 0 heterocycles. The first-order valence-corrected chi connectivity index (χ1v) is 7.46. The highest BCUT2D eigenvalue weighted by molar-refractivity contribution is 7.89. The molecule has 1 fully saturated rings. The van der Waals surface area contributed by atoms with Gasteiger partial charge in [-0.15, -0.1) is 0 Å². The molecule has 100 valence electrons. The molecule has 1 aromatic carbocycles. The molecule has 0 radical (unpaired) electrons. The zero-order valence-electron chi connectivity index (χ0n) is 10.2. The van der Waals surface area contributed by atoms with Gasteiger partial charge < -0.3 is 5.73 Å². The van der Waals surface area contributed by atoms with Gasteiger partial charge in [-0.25, -0.2) is 17.5 Å². The summed E-state index contributed by atoms with van der Waals surface area (Å²) in [5, 5.41) is 0. The Bertz CT molecular complexity index is 548. The van der Waals surface area contributed by atoms with Crippen LogP contribution in [0.3, 0.4) is 0 Å². The van der Waals surface area contributed by atoms with Gasteiger partial charge in [-0.05, 0) is 37.8 Å². The molecular weight excluding hydrogens is 255 g/mol. The lowest BCUT2D eigenvalue weighted by molar-refractivity contribution is 0.214. The maximum atomic E-state index is 13.3. The molecule has 6 heteroatoms. The van der Waals surface area contributed by atoms with Crippen molar-refractivity contribution in [2.45, 2.75) is 43.0 Å². The molecule has 1 aliphatic rings. The summed E-state index contributed by atoms with van der Waals surface area (Å²) in [5.74, 6) is -0.711. The van der Waals surface area contributed by atoms with E-state index in [-0.39, 0.29) is 16.1 Å². The Hall–Kier alpha value is -1.14. The number of nitrogens with two attached hydrogens (primary N) is 1. The van der Waals surface area contributed by atoms with Crippen molar-refractivity contribution in [2.75, 3.05) is 5.73 Å². The fraction of sp³-hybridized carbons (Fsp3) is 0.500. The van der Waals surface area contributed by atoms with Crippen molar-refractivity contribution < 1.29 is 12.8 Å². The zero-order chi connectivity index (χ0) is 13.4. The van der Waals surface area contributed by atoms with Crippen LogP contribution in [0.25, 0.3) is 0 Å². The van der Waals surface area contributed by atoms with Crippen LogP contribution in [0.1, 0.15) is 32.6 Å². The second-order valence-corrected chi connectivity index (χ2v) is 6.40. The summed E-state index contributed by atoms with van der Waals surface area (Å²) in [6.45, 7) is 1.94. The van der Waals surface area contributed by atoms with Crippen LogP contribution in [-0.4, -0.2) is 14.0 Å². The van der Waals surface area contributed by atoms with E-state index in [0.29, 0.717) is 0 Å². The third-order valence-electron chi connectivity index (χ3n) is 3.64. The first-order chi connectivity index (χ1) is 8.40. The van der Waals surface area contributed by atoms with Gasteiger partial charge in [0, 0.05) is 5.54 Å². The predicted molar refractivity (Wildman–Crippen MR) is 68.0 cm³/mol. The quantitative estimate of drug-likeness (QED) is 0.824. The SMILES string of the molecule is CCC1(NS(=O)(=O)c2cccc(F)c2N)CCC1. The largest absolute Gasteiger partial charge is 0.395 e. The van der Waals surface area contributed by atoms with Crippen LogP contribution in [0.2, 0.25) is 0 Å². The molecule has 0 saturated heterocycles. The number of benzene rings is 1. The van der Waals surface area contributed by atoms with E-state index in [1.54, 1.807) is 0 Å². The molecule has 1 aliphatic carbocycles. The van der Waals surface area contributed by atoms with Crippen molar-refractivity contribution in [1.29, 1.82) is 0 Å². The Balaban J connectivity index is 2.34. The van der Waals surface area contributed by atoms with Gasteiger partial charge in [-0.1, -0.05) is 13.0 Å². The predicted octanol–water partition coefficient (Wildman–Crippen LogP) is 2.02. The Morgan fingerprint density at radius 1 is 1.44 bits per heavy atom. The zero-order valence-corrected chi connectivity index (χ0v) is 11.1. The maximum Gasteiger partial charge on any atom is 0.243 e. The van der Waals surface area contributed by atoms with E-state index in [9.17, 15) is 12.8 Å². The minimum atomic E-state index is -3.76. The van der Waals surface area contributed by atoms with E-state index in [2.05, 4.69) is 4.72 Å². The molecule has 1 saturated carbocycles. The lowest BCUT2D eigenvalue weighted by Crippen LogP contribution is -2.52. The smallest absolute Gasteiger partial charge is 0.243 e. The molecule has 1 aromatic rings. The summed E-state index contributed by atoms with van der Waals surface area (Å²) in [6, 6.07) is 3.82. The fourth-order valence-electron chi connectivity index (χ4n) is 2.22. The molecule has 2 rings (SSSR count). The number of halogens is 1. The van der Waals surface area contributed by atoms with E-state index < -0.39 is 15.8 Å². The standard InChI is InChI=1S/C12H17FN2O2S/c1-2-12(7-4-8-12)15-18(16,17)10-6-3-5-9(13)11(10)14/h3,5-6,15H,2,4,7-8,14H2,1H3. The molecule has 3 N–H and O–H groups in total. The molecule has 0 unspecified atom stereocenters. The van der Waals surface area contributed by atoms with Gasteiger partial charge in [0.15, 0.2) is 0 Å². The molecule has 0 spiro atoms. The highest BCUT2D eigenvalue weighted by Gasteiger charge is 2.39. The van der Waals surface area contributed by atoms with Gasteiger partial charge in [-0.3, -0.25) is 0 Å². The molecule has 0 atom stereocenters. The summed E-state index contributed by atoms with van der Waals surface area (Å²) in [5.41, 5.74) is 4.79. The number of rotatable bonds is 4. The average molecular weight is 272 g/mol. The van der Waals surface area contributed by atoms with Gasteiger partial charge in [0.05, 0.1) is 5.69 Å². The number of nitrogen functional groups attached to an aromatic ring is 1. The topological polar surface area (TPSA) is 72.2 Å². The van der Waals surface area contributed by atoms with Gasteiger partial charge in [0.25, 0.3) is 0 Å². The fourth-order valence-corrected chi connectivity index (χ4v) is 3.90. The Morgan fingerprint density at radius 2 is 2.11 bits per heavy atom. The van der Waals surface area contributed by atoms with Crippen molar-refractivity contribution in [3.05, 3.63) is 24.0 Å². The van der Waals surface area contributed by atoms with E-state index in [0.717, 1.165) is 31.7 Å². The first kappa shape index (κ1) is 13.3. The van der Waals surface area contributed by atoms with Gasteiger partial charge in [0.1, 0.15) is 10.7 Å². The van der Waals surface area contributed by atoms with Crippen LogP contribution < -0.4 is 10.5 Å². The average Bonchev–Trinajstić information content (AvgIpc) is 2.27. The molecule has 0 bridgehead atoms. The van der Waals surface area contributed by atoms with Crippen molar-refractivity contribution in [3.8, 4) is 0 Å². The van der Waals surface area contributed by atoms with E-state index >= 15 is 0 Å². The minimum absolute atomic E-state index is 0.178. The molecule has 0 amide bonds. The third-order valence-corrected chi connectivity index (χ3v) is 5.28. The highest BCUT2D eigenvalue weighted by atomic mass is 32.2. The lowest BCUT2D eigenvalue weighted by atomic mass is 9.76.